The van der Waals surface area contributed by atoms with E-state index in [1.807, 2.05) is 13.8 Å². The van der Waals surface area contributed by atoms with E-state index in [0.29, 0.717) is 24.1 Å². The highest BCUT2D eigenvalue weighted by Crippen LogP contribution is 2.45. The van der Waals surface area contributed by atoms with Crippen molar-refractivity contribution >= 4 is 23.8 Å². The molecule has 2 unspecified atom stereocenters. The van der Waals surface area contributed by atoms with Crippen LogP contribution < -0.4 is 5.32 Å². The molecule has 2 N–H and O–H groups in total. The lowest BCUT2D eigenvalue weighted by atomic mass is 10.2. The number of hydrogen-bond acceptors (Lipinski definition) is 3. The minimum absolute atomic E-state index is 0.0539. The summed E-state index contributed by atoms with van der Waals surface area (Å²) in [5.74, 6) is 0.465. The third-order valence-electron chi connectivity index (χ3n) is 3.24. The van der Waals surface area contributed by atoms with Gasteiger partial charge in [0.15, 0.2) is 0 Å². The van der Waals surface area contributed by atoms with Gasteiger partial charge in [0, 0.05) is 12.3 Å². The zero-order chi connectivity index (χ0) is 13.3. The van der Waals surface area contributed by atoms with E-state index in [2.05, 4.69) is 5.32 Å². The lowest BCUT2D eigenvalue weighted by molar-refractivity contribution is -0.141. The Hall–Kier alpha value is -0.910. The van der Waals surface area contributed by atoms with E-state index < -0.39 is 12.0 Å². The zero-order valence-corrected chi connectivity index (χ0v) is 11.6. The van der Waals surface area contributed by atoms with E-state index in [4.69, 9.17) is 0 Å². The lowest BCUT2D eigenvalue weighted by Gasteiger charge is -2.27. The highest BCUT2D eigenvalue weighted by molar-refractivity contribution is 8.00. The number of aliphatic carboxylic acids is 1. The summed E-state index contributed by atoms with van der Waals surface area (Å²) in [5, 5.41) is 12.1. The molecule has 2 fully saturated rings. The molecule has 1 saturated carbocycles. The highest BCUT2D eigenvalue weighted by Gasteiger charge is 2.48. The van der Waals surface area contributed by atoms with Gasteiger partial charge in [-0.15, -0.1) is 11.8 Å². The molecule has 2 amide bonds. The van der Waals surface area contributed by atoms with Crippen LogP contribution in [0.3, 0.4) is 0 Å². The zero-order valence-electron chi connectivity index (χ0n) is 10.8. The van der Waals surface area contributed by atoms with Crippen molar-refractivity contribution in [1.82, 2.24) is 10.2 Å². The fourth-order valence-electron chi connectivity index (χ4n) is 2.10. The van der Waals surface area contributed by atoms with Crippen molar-refractivity contribution in [3.63, 3.8) is 0 Å². The molecule has 1 heterocycles. The van der Waals surface area contributed by atoms with Gasteiger partial charge in [-0.2, -0.15) is 0 Å². The fraction of sp³-hybridized carbons (Fsp3) is 0.833. The predicted octanol–water partition coefficient (Wildman–Crippen LogP) is 1.59. The molecule has 2 aliphatic rings. The largest absolute Gasteiger partial charge is 0.480 e. The number of carboxylic acid groups (broad SMARTS) is 1. The maximum absolute atomic E-state index is 12.1. The molecule has 0 aromatic rings. The van der Waals surface area contributed by atoms with Gasteiger partial charge in [-0.3, -0.25) is 4.90 Å². The molecule has 6 heteroatoms. The van der Waals surface area contributed by atoms with Crippen LogP contribution in [0, 0.1) is 11.8 Å². The van der Waals surface area contributed by atoms with Crippen LogP contribution in [0.15, 0.2) is 0 Å². The van der Waals surface area contributed by atoms with Gasteiger partial charge < -0.3 is 10.4 Å². The first-order valence-electron chi connectivity index (χ1n) is 6.41. The second kappa shape index (κ2) is 5.38. The summed E-state index contributed by atoms with van der Waals surface area (Å²) in [5.41, 5.74) is 0. The number of carbonyl (C=O) groups is 2. The smallest absolute Gasteiger partial charge is 0.327 e. The molecule has 1 saturated heterocycles. The Morgan fingerprint density at radius 2 is 2.11 bits per heavy atom. The maximum atomic E-state index is 12.1. The number of thioether (sulfide) groups is 1. The van der Waals surface area contributed by atoms with Crippen LogP contribution >= 0.6 is 11.8 Å². The Morgan fingerprint density at radius 1 is 1.44 bits per heavy atom. The van der Waals surface area contributed by atoms with E-state index in [1.54, 1.807) is 16.7 Å². The maximum Gasteiger partial charge on any atom is 0.327 e. The molecule has 2 atom stereocenters. The van der Waals surface area contributed by atoms with Gasteiger partial charge in [-0.25, -0.2) is 9.59 Å². The minimum Gasteiger partial charge on any atom is -0.480 e. The second-order valence-electron chi connectivity index (χ2n) is 5.40. The first-order chi connectivity index (χ1) is 8.50. The number of rotatable bonds is 4. The standard InChI is InChI=1S/C12H20N2O3S/c1-7(2)5-13-12(17)14-9(11(15)16)6-18-10(14)8-3-4-8/h7-10H,3-6H2,1-2H3,(H,13,17)(H,15,16). The topological polar surface area (TPSA) is 69.6 Å². The van der Waals surface area contributed by atoms with Crippen molar-refractivity contribution in [2.75, 3.05) is 12.3 Å². The van der Waals surface area contributed by atoms with Gasteiger partial charge in [0.2, 0.25) is 0 Å². The second-order valence-corrected chi connectivity index (χ2v) is 6.55. The molecule has 1 aliphatic heterocycles. The van der Waals surface area contributed by atoms with Gasteiger partial charge in [0.1, 0.15) is 6.04 Å². The third-order valence-corrected chi connectivity index (χ3v) is 4.70. The molecular weight excluding hydrogens is 252 g/mol. The summed E-state index contributed by atoms with van der Waals surface area (Å²) in [4.78, 5) is 24.9. The van der Waals surface area contributed by atoms with Crippen molar-refractivity contribution in [1.29, 1.82) is 0 Å². The Balaban J connectivity index is 2.03. The molecule has 0 aromatic heterocycles. The summed E-state index contributed by atoms with van der Waals surface area (Å²) in [6.45, 7) is 4.63. The van der Waals surface area contributed by atoms with Crippen LogP contribution in [0.2, 0.25) is 0 Å². The van der Waals surface area contributed by atoms with Crippen molar-refractivity contribution in [3.8, 4) is 0 Å². The van der Waals surface area contributed by atoms with Gasteiger partial charge in [0.25, 0.3) is 0 Å². The molecule has 0 bridgehead atoms. The molecule has 1 aliphatic carbocycles. The molecule has 18 heavy (non-hydrogen) atoms. The number of urea groups is 1. The molecule has 2 rings (SSSR count). The van der Waals surface area contributed by atoms with Gasteiger partial charge >= 0.3 is 12.0 Å². The van der Waals surface area contributed by atoms with Gasteiger partial charge in [0.05, 0.1) is 5.37 Å². The molecule has 5 nitrogen and oxygen atoms in total. The summed E-state index contributed by atoms with van der Waals surface area (Å²) in [6, 6.07) is -0.897. The monoisotopic (exact) mass is 272 g/mol. The number of carboxylic acids is 1. The first kappa shape index (κ1) is 13.5. The van der Waals surface area contributed by atoms with E-state index in [-0.39, 0.29) is 11.4 Å². The predicted molar refractivity (Wildman–Crippen MR) is 70.5 cm³/mol. The van der Waals surface area contributed by atoms with Crippen LogP contribution in [-0.2, 0) is 4.79 Å². The van der Waals surface area contributed by atoms with E-state index in [9.17, 15) is 14.7 Å². The quantitative estimate of drug-likeness (QED) is 0.815. The molecule has 0 radical (unpaired) electrons. The fourth-order valence-corrected chi connectivity index (χ4v) is 3.73. The van der Waals surface area contributed by atoms with E-state index in [1.165, 1.54) is 0 Å². The first-order valence-corrected chi connectivity index (χ1v) is 7.46. The molecule has 0 spiro atoms. The van der Waals surface area contributed by atoms with Crippen molar-refractivity contribution in [3.05, 3.63) is 0 Å². The van der Waals surface area contributed by atoms with Gasteiger partial charge in [-0.1, -0.05) is 13.8 Å². The van der Waals surface area contributed by atoms with Crippen molar-refractivity contribution in [2.24, 2.45) is 11.8 Å². The van der Waals surface area contributed by atoms with Crippen molar-refractivity contribution in [2.45, 2.75) is 38.1 Å². The minimum atomic E-state index is -0.898. The number of nitrogens with zero attached hydrogens (tertiary/aromatic N) is 1. The van der Waals surface area contributed by atoms with Gasteiger partial charge in [-0.05, 0) is 24.7 Å². The number of carbonyl (C=O) groups excluding carboxylic acids is 1. The van der Waals surface area contributed by atoms with Crippen LogP contribution in [0.1, 0.15) is 26.7 Å². The lowest BCUT2D eigenvalue weighted by Crippen LogP contribution is -2.51. The summed E-state index contributed by atoms with van der Waals surface area (Å²) >= 11 is 1.60. The summed E-state index contributed by atoms with van der Waals surface area (Å²) in [7, 11) is 0. The van der Waals surface area contributed by atoms with Crippen LogP contribution in [0.4, 0.5) is 4.79 Å². The highest BCUT2D eigenvalue weighted by atomic mass is 32.2. The Bertz CT molecular complexity index is 344. The van der Waals surface area contributed by atoms with E-state index in [0.717, 1.165) is 12.8 Å². The number of amides is 2. The molecule has 102 valence electrons. The average molecular weight is 272 g/mol. The Morgan fingerprint density at radius 3 is 2.61 bits per heavy atom. The Kier molecular flexibility index (Phi) is 4.04. The SMILES string of the molecule is CC(C)CNC(=O)N1C(C(=O)O)CSC1C1CC1. The summed E-state index contributed by atoms with van der Waals surface area (Å²) < 4.78 is 0. The Labute approximate surface area is 111 Å². The van der Waals surface area contributed by atoms with Crippen molar-refractivity contribution < 1.29 is 14.7 Å². The van der Waals surface area contributed by atoms with Crippen LogP contribution in [0.25, 0.3) is 0 Å². The van der Waals surface area contributed by atoms with Crippen LogP contribution in [-0.4, -0.2) is 45.7 Å². The normalized spacial score (nSPS) is 27.6. The number of hydrogen-bond donors (Lipinski definition) is 2. The number of nitrogens with one attached hydrogen (secondary N) is 1. The molecule has 0 aromatic carbocycles. The van der Waals surface area contributed by atoms with E-state index >= 15 is 0 Å². The summed E-state index contributed by atoms with van der Waals surface area (Å²) in [6.07, 6.45) is 2.22. The average Bonchev–Trinajstić information content (AvgIpc) is 3.04. The van der Waals surface area contributed by atoms with Crippen LogP contribution in [0.5, 0.6) is 0 Å². The molecular formula is C12H20N2O3S. The third kappa shape index (κ3) is 2.91.